The van der Waals surface area contributed by atoms with E-state index < -0.39 is 11.6 Å². The molecule has 1 aromatic carbocycles. The number of amides is 4. The number of imide groups is 1. The van der Waals surface area contributed by atoms with Crippen molar-refractivity contribution in [2.24, 2.45) is 0 Å². The molecule has 0 saturated carbocycles. The fourth-order valence-electron chi connectivity index (χ4n) is 3.27. The van der Waals surface area contributed by atoms with Gasteiger partial charge in [0.2, 0.25) is 0 Å². The molecule has 0 radical (unpaired) electrons. The van der Waals surface area contributed by atoms with Crippen LogP contribution in [-0.4, -0.2) is 48.0 Å². The number of carbonyl (C=O) groups is 3. The summed E-state index contributed by atoms with van der Waals surface area (Å²) in [7, 11) is 0. The van der Waals surface area contributed by atoms with Crippen LogP contribution in [0.15, 0.2) is 18.2 Å². The zero-order valence-electron chi connectivity index (χ0n) is 13.8. The molecule has 0 bridgehead atoms. The van der Waals surface area contributed by atoms with E-state index >= 15 is 0 Å². The van der Waals surface area contributed by atoms with Crippen LogP contribution in [0, 0.1) is 13.8 Å². The average molecular weight is 331 g/mol. The van der Waals surface area contributed by atoms with Gasteiger partial charge in [-0.05, 0) is 37.8 Å². The van der Waals surface area contributed by atoms with E-state index in [1.54, 1.807) is 4.90 Å². The van der Waals surface area contributed by atoms with E-state index in [1.165, 1.54) is 0 Å². The number of rotatable bonds is 3. The number of hydrogen-bond donors (Lipinski definition) is 2. The van der Waals surface area contributed by atoms with Gasteiger partial charge in [-0.25, -0.2) is 4.79 Å². The molecular weight excluding hydrogens is 310 g/mol. The Morgan fingerprint density at radius 3 is 2.38 bits per heavy atom. The predicted octanol–water partition coefficient (Wildman–Crippen LogP) is 0.883. The Kier molecular flexibility index (Phi) is 4.17. The van der Waals surface area contributed by atoms with Gasteiger partial charge >= 0.3 is 6.03 Å². The summed E-state index contributed by atoms with van der Waals surface area (Å²) in [5.41, 5.74) is 1.12. The second-order valence-electron chi connectivity index (χ2n) is 6.38. The Balaban J connectivity index is 1.56. The van der Waals surface area contributed by atoms with Crippen molar-refractivity contribution < 1.29 is 19.1 Å². The van der Waals surface area contributed by atoms with Crippen LogP contribution in [-0.2, 0) is 9.59 Å². The van der Waals surface area contributed by atoms with Crippen LogP contribution in [0.2, 0.25) is 0 Å². The van der Waals surface area contributed by atoms with Crippen molar-refractivity contribution in [2.45, 2.75) is 32.2 Å². The molecule has 128 valence electrons. The molecule has 7 nitrogen and oxygen atoms in total. The fraction of sp³-hybridized carbons (Fsp3) is 0.471. The lowest BCUT2D eigenvalue weighted by Gasteiger charge is -2.36. The molecule has 4 amide bonds. The lowest BCUT2D eigenvalue weighted by molar-refractivity contribution is -0.137. The van der Waals surface area contributed by atoms with Crippen LogP contribution in [0.3, 0.4) is 0 Å². The van der Waals surface area contributed by atoms with E-state index in [4.69, 9.17) is 4.74 Å². The number of likely N-dealkylation sites (tertiary alicyclic amines) is 1. The minimum atomic E-state index is -0.860. The van der Waals surface area contributed by atoms with Gasteiger partial charge in [-0.3, -0.25) is 14.9 Å². The highest BCUT2D eigenvalue weighted by Gasteiger charge is 2.48. The number of ether oxygens (including phenoxy) is 1. The van der Waals surface area contributed by atoms with Gasteiger partial charge in [-0.15, -0.1) is 0 Å². The van der Waals surface area contributed by atoms with E-state index in [0.717, 1.165) is 16.9 Å². The molecule has 7 heteroatoms. The number of urea groups is 1. The van der Waals surface area contributed by atoms with Gasteiger partial charge in [-0.1, -0.05) is 18.2 Å². The molecule has 2 aliphatic heterocycles. The number of aryl methyl sites for hydroxylation is 2. The van der Waals surface area contributed by atoms with Crippen molar-refractivity contribution in [3.05, 3.63) is 29.3 Å². The number of piperidine rings is 1. The Morgan fingerprint density at radius 2 is 1.83 bits per heavy atom. The summed E-state index contributed by atoms with van der Waals surface area (Å²) in [6, 6.07) is 5.38. The number of nitrogens with zero attached hydrogens (tertiary/aromatic N) is 1. The quantitative estimate of drug-likeness (QED) is 0.805. The van der Waals surface area contributed by atoms with Crippen molar-refractivity contribution in [3.8, 4) is 5.75 Å². The third-order valence-corrected chi connectivity index (χ3v) is 4.73. The average Bonchev–Trinajstić information content (AvgIpc) is 2.81. The molecule has 0 aliphatic carbocycles. The van der Waals surface area contributed by atoms with Crippen molar-refractivity contribution in [1.82, 2.24) is 15.5 Å². The molecule has 2 saturated heterocycles. The largest absolute Gasteiger partial charge is 0.483 e. The molecule has 2 N–H and O–H groups in total. The summed E-state index contributed by atoms with van der Waals surface area (Å²) < 4.78 is 5.70. The highest BCUT2D eigenvalue weighted by Crippen LogP contribution is 2.26. The molecule has 0 aromatic heterocycles. The van der Waals surface area contributed by atoms with Crippen LogP contribution < -0.4 is 15.4 Å². The minimum Gasteiger partial charge on any atom is -0.483 e. The number of carbonyl (C=O) groups excluding carboxylic acids is 3. The number of hydrogen-bond acceptors (Lipinski definition) is 4. The van der Waals surface area contributed by atoms with E-state index in [1.807, 2.05) is 32.0 Å². The maximum Gasteiger partial charge on any atom is 0.322 e. The van der Waals surface area contributed by atoms with E-state index in [9.17, 15) is 14.4 Å². The topological polar surface area (TPSA) is 87.7 Å². The van der Waals surface area contributed by atoms with Gasteiger partial charge in [0, 0.05) is 13.1 Å². The van der Waals surface area contributed by atoms with Crippen molar-refractivity contribution in [3.63, 3.8) is 0 Å². The summed E-state index contributed by atoms with van der Waals surface area (Å²) in [5, 5.41) is 4.95. The van der Waals surface area contributed by atoms with Crippen molar-refractivity contribution >= 4 is 17.8 Å². The Labute approximate surface area is 140 Å². The van der Waals surface area contributed by atoms with Crippen LogP contribution in [0.5, 0.6) is 5.75 Å². The first-order valence-electron chi connectivity index (χ1n) is 8.02. The van der Waals surface area contributed by atoms with Crippen LogP contribution >= 0.6 is 0 Å². The molecule has 2 heterocycles. The first kappa shape index (κ1) is 16.3. The SMILES string of the molecule is Cc1cccc(C)c1OCC(=O)N1CCC2(CC1)NC(=O)NC2=O. The molecule has 2 aliphatic rings. The zero-order valence-corrected chi connectivity index (χ0v) is 13.8. The first-order valence-corrected chi connectivity index (χ1v) is 8.02. The first-order chi connectivity index (χ1) is 11.4. The molecular formula is C17H21N3O4. The molecule has 0 atom stereocenters. The zero-order chi connectivity index (χ0) is 17.3. The van der Waals surface area contributed by atoms with Crippen molar-refractivity contribution in [2.75, 3.05) is 19.7 Å². The molecule has 0 unspecified atom stereocenters. The van der Waals surface area contributed by atoms with Gasteiger partial charge in [0.05, 0.1) is 0 Å². The highest BCUT2D eigenvalue weighted by atomic mass is 16.5. The molecule has 2 fully saturated rings. The third kappa shape index (κ3) is 2.93. The second kappa shape index (κ2) is 6.14. The second-order valence-corrected chi connectivity index (χ2v) is 6.38. The summed E-state index contributed by atoms with van der Waals surface area (Å²) in [4.78, 5) is 37.3. The molecule has 1 spiro atoms. The fourth-order valence-corrected chi connectivity index (χ4v) is 3.27. The summed E-state index contributed by atoms with van der Waals surface area (Å²) >= 11 is 0. The van der Waals surface area contributed by atoms with E-state index in [2.05, 4.69) is 10.6 Å². The summed E-state index contributed by atoms with van der Waals surface area (Å²) in [5.74, 6) is 0.324. The van der Waals surface area contributed by atoms with Crippen molar-refractivity contribution in [1.29, 1.82) is 0 Å². The van der Waals surface area contributed by atoms with Crippen LogP contribution in [0.4, 0.5) is 4.79 Å². The van der Waals surface area contributed by atoms with Gasteiger partial charge in [-0.2, -0.15) is 0 Å². The van der Waals surface area contributed by atoms with E-state index in [-0.39, 0.29) is 18.4 Å². The highest BCUT2D eigenvalue weighted by molar-refractivity contribution is 6.07. The van der Waals surface area contributed by atoms with Gasteiger partial charge in [0.25, 0.3) is 11.8 Å². The smallest absolute Gasteiger partial charge is 0.322 e. The van der Waals surface area contributed by atoms with Gasteiger partial charge < -0.3 is 15.0 Å². The lowest BCUT2D eigenvalue weighted by Crippen LogP contribution is -2.56. The standard InChI is InChI=1S/C17H21N3O4/c1-11-4-3-5-12(2)14(11)24-10-13(21)20-8-6-17(7-9-20)15(22)18-16(23)19-17/h3-5H,6-10H2,1-2H3,(H2,18,19,22,23). The lowest BCUT2D eigenvalue weighted by atomic mass is 9.88. The normalized spacial score (nSPS) is 19.2. The maximum absolute atomic E-state index is 12.4. The Morgan fingerprint density at radius 1 is 1.21 bits per heavy atom. The number of benzene rings is 1. The number of para-hydroxylation sites is 1. The maximum atomic E-state index is 12.4. The number of nitrogens with one attached hydrogen (secondary N) is 2. The monoisotopic (exact) mass is 331 g/mol. The van der Waals surface area contributed by atoms with Crippen LogP contribution in [0.1, 0.15) is 24.0 Å². The van der Waals surface area contributed by atoms with Gasteiger partial charge in [0.1, 0.15) is 11.3 Å². The van der Waals surface area contributed by atoms with E-state index in [0.29, 0.717) is 25.9 Å². The Bertz CT molecular complexity index is 673. The third-order valence-electron chi connectivity index (χ3n) is 4.73. The summed E-state index contributed by atoms with van der Waals surface area (Å²) in [6.07, 6.45) is 0.833. The van der Waals surface area contributed by atoms with Crippen LogP contribution in [0.25, 0.3) is 0 Å². The Hall–Kier alpha value is -2.57. The molecule has 3 rings (SSSR count). The van der Waals surface area contributed by atoms with Gasteiger partial charge in [0.15, 0.2) is 6.61 Å². The molecule has 1 aromatic rings. The molecule has 24 heavy (non-hydrogen) atoms. The minimum absolute atomic E-state index is 0.0305. The summed E-state index contributed by atoms with van der Waals surface area (Å²) in [6.45, 7) is 4.69. The predicted molar refractivity (Wildman–Crippen MR) is 86.6 cm³/mol.